The van der Waals surface area contributed by atoms with Crippen LogP contribution in [-0.4, -0.2) is 32.3 Å². The number of hydrogen-bond donors (Lipinski definition) is 1. The van der Waals surface area contributed by atoms with Crippen molar-refractivity contribution >= 4 is 5.69 Å². The summed E-state index contributed by atoms with van der Waals surface area (Å²) in [7, 11) is 0. The molecule has 0 amide bonds. The minimum atomic E-state index is 0.592. The van der Waals surface area contributed by atoms with Crippen LogP contribution in [-0.2, 0) is 11.3 Å². The van der Waals surface area contributed by atoms with Crippen molar-refractivity contribution < 1.29 is 4.74 Å². The average molecular weight is 260 g/mol. The van der Waals surface area contributed by atoms with Gasteiger partial charge >= 0.3 is 0 Å². The molecular formula is C16H24N2O. The second-order valence-electron chi connectivity index (χ2n) is 5.75. The molecule has 2 atom stereocenters. The van der Waals surface area contributed by atoms with Gasteiger partial charge in [-0.05, 0) is 24.5 Å². The van der Waals surface area contributed by atoms with Gasteiger partial charge in [-0.2, -0.15) is 0 Å². The van der Waals surface area contributed by atoms with Gasteiger partial charge in [0.15, 0.2) is 0 Å². The third kappa shape index (κ3) is 2.93. The van der Waals surface area contributed by atoms with Gasteiger partial charge in [0.2, 0.25) is 0 Å². The molecule has 3 heteroatoms. The second-order valence-corrected chi connectivity index (χ2v) is 5.75. The zero-order valence-corrected chi connectivity index (χ0v) is 11.8. The first-order valence-electron chi connectivity index (χ1n) is 7.50. The first-order chi connectivity index (χ1) is 9.36. The van der Waals surface area contributed by atoms with Crippen LogP contribution in [0.3, 0.4) is 0 Å². The second kappa shape index (κ2) is 5.93. The lowest BCUT2D eigenvalue weighted by molar-refractivity contribution is 0.186. The van der Waals surface area contributed by atoms with Crippen molar-refractivity contribution in [2.45, 2.75) is 32.4 Å². The number of fused-ring (bicyclic) bond motifs is 1. The summed E-state index contributed by atoms with van der Waals surface area (Å²) >= 11 is 0. The van der Waals surface area contributed by atoms with Crippen molar-refractivity contribution in [3.05, 3.63) is 29.8 Å². The van der Waals surface area contributed by atoms with Gasteiger partial charge in [0.1, 0.15) is 0 Å². The van der Waals surface area contributed by atoms with Crippen LogP contribution >= 0.6 is 0 Å². The number of rotatable bonds is 3. The van der Waals surface area contributed by atoms with Gasteiger partial charge < -0.3 is 15.0 Å². The van der Waals surface area contributed by atoms with E-state index in [1.165, 1.54) is 24.1 Å². The van der Waals surface area contributed by atoms with Gasteiger partial charge in [-0.1, -0.05) is 25.1 Å². The monoisotopic (exact) mass is 260 g/mol. The third-order valence-corrected chi connectivity index (χ3v) is 4.35. The molecule has 0 aromatic heterocycles. The number of hydrogen-bond acceptors (Lipinski definition) is 3. The van der Waals surface area contributed by atoms with Gasteiger partial charge in [-0.3, -0.25) is 0 Å². The molecule has 1 aromatic rings. The molecule has 0 radical (unpaired) electrons. The normalized spacial score (nSPS) is 27.1. The van der Waals surface area contributed by atoms with E-state index in [1.807, 2.05) is 0 Å². The fourth-order valence-electron chi connectivity index (χ4n) is 3.14. The fraction of sp³-hybridized carbons (Fsp3) is 0.625. The summed E-state index contributed by atoms with van der Waals surface area (Å²) in [5, 5.41) is 3.67. The molecule has 1 fully saturated rings. The highest BCUT2D eigenvalue weighted by molar-refractivity contribution is 5.54. The smallest absolute Gasteiger partial charge is 0.0512 e. The summed E-state index contributed by atoms with van der Waals surface area (Å²) in [6.45, 7) is 7.38. The molecule has 1 saturated heterocycles. The molecule has 2 aliphatic heterocycles. The number of benzene rings is 1. The Morgan fingerprint density at radius 1 is 1.37 bits per heavy atom. The van der Waals surface area contributed by atoms with Gasteiger partial charge in [0.25, 0.3) is 0 Å². The Bertz CT molecular complexity index is 415. The van der Waals surface area contributed by atoms with E-state index in [1.54, 1.807) is 0 Å². The Kier molecular flexibility index (Phi) is 4.04. The molecule has 0 spiro atoms. The van der Waals surface area contributed by atoms with E-state index < -0.39 is 0 Å². The molecule has 0 bridgehead atoms. The van der Waals surface area contributed by atoms with Crippen LogP contribution in [0, 0.1) is 5.92 Å². The molecule has 0 aliphatic carbocycles. The van der Waals surface area contributed by atoms with Gasteiger partial charge in [0.05, 0.1) is 6.61 Å². The Morgan fingerprint density at radius 2 is 2.26 bits per heavy atom. The molecule has 2 heterocycles. The number of para-hydroxylation sites is 1. The zero-order valence-electron chi connectivity index (χ0n) is 11.8. The van der Waals surface area contributed by atoms with Crippen molar-refractivity contribution in [2.75, 3.05) is 31.2 Å². The zero-order chi connectivity index (χ0) is 13.1. The number of nitrogens with zero attached hydrogens (tertiary/aromatic N) is 1. The largest absolute Gasteiger partial charge is 0.381 e. The summed E-state index contributed by atoms with van der Waals surface area (Å²) in [6.07, 6.45) is 2.40. The maximum Gasteiger partial charge on any atom is 0.0512 e. The van der Waals surface area contributed by atoms with Crippen LogP contribution in [0.5, 0.6) is 0 Å². The summed E-state index contributed by atoms with van der Waals surface area (Å²) in [5.74, 6) is 0.698. The Labute approximate surface area is 115 Å². The van der Waals surface area contributed by atoms with Crippen molar-refractivity contribution in [3.63, 3.8) is 0 Å². The third-order valence-electron chi connectivity index (χ3n) is 4.35. The van der Waals surface area contributed by atoms with Crippen molar-refractivity contribution in [1.82, 2.24) is 5.32 Å². The molecule has 1 N–H and O–H groups in total. The van der Waals surface area contributed by atoms with Crippen LogP contribution in [0.25, 0.3) is 0 Å². The first-order valence-corrected chi connectivity index (χ1v) is 7.50. The Morgan fingerprint density at radius 3 is 3.05 bits per heavy atom. The van der Waals surface area contributed by atoms with E-state index in [9.17, 15) is 0 Å². The number of nitrogens with one attached hydrogen (secondary N) is 1. The number of ether oxygens (including phenoxy) is 1. The van der Waals surface area contributed by atoms with Crippen LogP contribution in [0.15, 0.2) is 24.3 Å². The minimum Gasteiger partial charge on any atom is -0.381 e. The number of anilines is 1. The van der Waals surface area contributed by atoms with E-state index in [2.05, 4.69) is 41.4 Å². The Hall–Kier alpha value is -1.06. The van der Waals surface area contributed by atoms with Gasteiger partial charge in [-0.15, -0.1) is 0 Å². The highest BCUT2D eigenvalue weighted by atomic mass is 16.5. The molecule has 104 valence electrons. The maximum absolute atomic E-state index is 5.53. The van der Waals surface area contributed by atoms with Crippen LogP contribution < -0.4 is 10.2 Å². The predicted octanol–water partition coefficient (Wildman–Crippen LogP) is 2.41. The quantitative estimate of drug-likeness (QED) is 0.903. The summed E-state index contributed by atoms with van der Waals surface area (Å²) in [4.78, 5) is 2.57. The fourth-order valence-corrected chi connectivity index (χ4v) is 3.14. The highest BCUT2D eigenvalue weighted by Gasteiger charge is 2.24. The standard InChI is InChI=1S/C16H24N2O/c1-2-15-11-18(10-13-7-8-19-12-13)16-6-4-3-5-14(16)9-17-15/h3-6,13,15,17H,2,7-12H2,1H3. The van der Waals surface area contributed by atoms with E-state index in [4.69, 9.17) is 4.74 Å². The van der Waals surface area contributed by atoms with Gasteiger partial charge in [0, 0.05) is 43.9 Å². The highest BCUT2D eigenvalue weighted by Crippen LogP contribution is 2.26. The summed E-state index contributed by atoms with van der Waals surface area (Å²) < 4.78 is 5.53. The molecule has 0 saturated carbocycles. The van der Waals surface area contributed by atoms with Crippen LogP contribution in [0.2, 0.25) is 0 Å². The first kappa shape index (κ1) is 12.9. The van der Waals surface area contributed by atoms with Crippen LogP contribution in [0.1, 0.15) is 25.3 Å². The lowest BCUT2D eigenvalue weighted by Gasteiger charge is -2.29. The van der Waals surface area contributed by atoms with Crippen molar-refractivity contribution in [1.29, 1.82) is 0 Å². The SMILES string of the molecule is CCC1CN(CC2CCOC2)c2ccccc2CN1. The van der Waals surface area contributed by atoms with Crippen molar-refractivity contribution in [2.24, 2.45) is 5.92 Å². The molecule has 2 unspecified atom stereocenters. The van der Waals surface area contributed by atoms with Crippen LogP contribution in [0.4, 0.5) is 5.69 Å². The average Bonchev–Trinajstić information content (AvgIpc) is 2.88. The van der Waals surface area contributed by atoms with E-state index in [0.717, 1.165) is 32.8 Å². The topological polar surface area (TPSA) is 24.5 Å². The molecule has 19 heavy (non-hydrogen) atoms. The van der Waals surface area contributed by atoms with Gasteiger partial charge in [-0.25, -0.2) is 0 Å². The van der Waals surface area contributed by atoms with E-state index in [-0.39, 0.29) is 0 Å². The predicted molar refractivity (Wildman–Crippen MR) is 78.5 cm³/mol. The maximum atomic E-state index is 5.53. The lowest BCUT2D eigenvalue weighted by Crippen LogP contribution is -2.40. The minimum absolute atomic E-state index is 0.592. The molecule has 1 aromatic carbocycles. The summed E-state index contributed by atoms with van der Waals surface area (Å²) in [6, 6.07) is 9.41. The summed E-state index contributed by atoms with van der Waals surface area (Å²) in [5.41, 5.74) is 2.84. The molecule has 3 rings (SSSR count). The van der Waals surface area contributed by atoms with Crippen molar-refractivity contribution in [3.8, 4) is 0 Å². The lowest BCUT2D eigenvalue weighted by atomic mass is 10.1. The van der Waals surface area contributed by atoms with E-state index in [0.29, 0.717) is 12.0 Å². The molecular weight excluding hydrogens is 236 g/mol. The molecule has 3 nitrogen and oxygen atoms in total. The Balaban J connectivity index is 1.80. The molecule has 2 aliphatic rings. The van der Waals surface area contributed by atoms with E-state index >= 15 is 0 Å².